The second-order valence-electron chi connectivity index (χ2n) is 4.90. The zero-order valence-electron chi connectivity index (χ0n) is 11.3. The number of carbonyl (C=O) groups is 1. The van der Waals surface area contributed by atoms with E-state index in [1.165, 1.54) is 0 Å². The molecule has 1 saturated carbocycles. The quantitative estimate of drug-likeness (QED) is 0.863. The molecule has 1 fully saturated rings. The SMILES string of the molecule is Cc1nc(CN(C(=O)Oc2ccccc2)C2CC2)cs1. The van der Waals surface area contributed by atoms with E-state index in [9.17, 15) is 4.79 Å². The normalized spacial score (nSPS) is 14.1. The minimum Gasteiger partial charge on any atom is -0.410 e. The van der Waals surface area contributed by atoms with Gasteiger partial charge in [-0.25, -0.2) is 9.78 Å². The van der Waals surface area contributed by atoms with Crippen molar-refractivity contribution in [3.63, 3.8) is 0 Å². The maximum absolute atomic E-state index is 12.3. The van der Waals surface area contributed by atoms with Crippen LogP contribution in [-0.4, -0.2) is 22.0 Å². The number of amides is 1. The minimum atomic E-state index is -0.288. The van der Waals surface area contributed by atoms with Crippen LogP contribution in [0, 0.1) is 6.92 Å². The van der Waals surface area contributed by atoms with Crippen molar-refractivity contribution in [1.29, 1.82) is 0 Å². The molecular weight excluding hydrogens is 272 g/mol. The minimum absolute atomic E-state index is 0.288. The number of aryl methyl sites for hydroxylation is 1. The molecular formula is C15H16N2O2S. The van der Waals surface area contributed by atoms with Gasteiger partial charge in [-0.2, -0.15) is 0 Å². The third-order valence-electron chi connectivity index (χ3n) is 3.17. The van der Waals surface area contributed by atoms with Crippen LogP contribution in [0.3, 0.4) is 0 Å². The first kappa shape index (κ1) is 13.1. The molecule has 0 bridgehead atoms. The lowest BCUT2D eigenvalue weighted by molar-refractivity contribution is 0.145. The maximum Gasteiger partial charge on any atom is 0.415 e. The molecule has 1 aliphatic carbocycles. The van der Waals surface area contributed by atoms with E-state index in [4.69, 9.17) is 4.74 Å². The lowest BCUT2D eigenvalue weighted by Gasteiger charge is -2.20. The summed E-state index contributed by atoms with van der Waals surface area (Å²) in [4.78, 5) is 18.5. The predicted molar refractivity (Wildman–Crippen MR) is 77.9 cm³/mol. The Bertz CT molecular complexity index is 593. The van der Waals surface area contributed by atoms with Crippen molar-refractivity contribution in [2.24, 2.45) is 0 Å². The summed E-state index contributed by atoms with van der Waals surface area (Å²) in [6, 6.07) is 9.48. The highest BCUT2D eigenvalue weighted by Crippen LogP contribution is 2.29. The van der Waals surface area contributed by atoms with E-state index in [0.717, 1.165) is 23.5 Å². The molecule has 1 aromatic heterocycles. The molecule has 2 aromatic rings. The van der Waals surface area contributed by atoms with Gasteiger partial charge in [0, 0.05) is 11.4 Å². The Balaban J connectivity index is 1.69. The second-order valence-corrected chi connectivity index (χ2v) is 5.96. The third kappa shape index (κ3) is 3.17. The van der Waals surface area contributed by atoms with Crippen LogP contribution in [0.15, 0.2) is 35.7 Å². The number of nitrogens with zero attached hydrogens (tertiary/aromatic N) is 2. The molecule has 0 atom stereocenters. The van der Waals surface area contributed by atoms with Crippen LogP contribution in [0.5, 0.6) is 5.75 Å². The standard InChI is InChI=1S/C15H16N2O2S/c1-11-16-12(10-20-11)9-17(13-7-8-13)15(18)19-14-5-3-2-4-6-14/h2-6,10,13H,7-9H2,1H3. The Morgan fingerprint density at radius 3 is 2.75 bits per heavy atom. The number of ether oxygens (including phenoxy) is 1. The average molecular weight is 288 g/mol. The number of benzene rings is 1. The van der Waals surface area contributed by atoms with Crippen LogP contribution in [-0.2, 0) is 6.54 Å². The van der Waals surface area contributed by atoms with Crippen molar-refractivity contribution in [3.8, 4) is 5.75 Å². The molecule has 0 radical (unpaired) electrons. The Kier molecular flexibility index (Phi) is 3.69. The van der Waals surface area contributed by atoms with Gasteiger partial charge in [0.1, 0.15) is 5.75 Å². The molecule has 0 N–H and O–H groups in total. The molecule has 0 spiro atoms. The molecule has 104 valence electrons. The van der Waals surface area contributed by atoms with Crippen molar-refractivity contribution >= 4 is 17.4 Å². The fraction of sp³-hybridized carbons (Fsp3) is 0.333. The summed E-state index contributed by atoms with van der Waals surface area (Å²) in [6.07, 6.45) is 1.81. The highest BCUT2D eigenvalue weighted by Gasteiger charge is 2.34. The van der Waals surface area contributed by atoms with Crippen LogP contribution in [0.2, 0.25) is 0 Å². The first-order valence-corrected chi connectivity index (χ1v) is 7.55. The molecule has 0 unspecified atom stereocenters. The molecule has 1 amide bonds. The highest BCUT2D eigenvalue weighted by atomic mass is 32.1. The van der Waals surface area contributed by atoms with Gasteiger partial charge in [0.25, 0.3) is 0 Å². The van der Waals surface area contributed by atoms with Gasteiger partial charge in [-0.3, -0.25) is 4.90 Å². The average Bonchev–Trinajstić information content (AvgIpc) is 3.20. The van der Waals surface area contributed by atoms with Crippen LogP contribution < -0.4 is 4.74 Å². The number of hydrogen-bond acceptors (Lipinski definition) is 4. The fourth-order valence-electron chi connectivity index (χ4n) is 2.03. The second kappa shape index (κ2) is 5.63. The molecule has 1 aromatic carbocycles. The summed E-state index contributed by atoms with van der Waals surface area (Å²) in [5.74, 6) is 0.581. The van der Waals surface area contributed by atoms with E-state index in [1.807, 2.05) is 30.5 Å². The maximum atomic E-state index is 12.3. The first-order valence-electron chi connectivity index (χ1n) is 6.67. The zero-order valence-corrected chi connectivity index (χ0v) is 12.1. The Morgan fingerprint density at radius 2 is 2.15 bits per heavy atom. The van der Waals surface area contributed by atoms with Crippen molar-refractivity contribution < 1.29 is 9.53 Å². The fourth-order valence-corrected chi connectivity index (χ4v) is 2.64. The Labute approximate surface area is 122 Å². The molecule has 3 rings (SSSR count). The Hall–Kier alpha value is -1.88. The third-order valence-corrected chi connectivity index (χ3v) is 3.99. The number of hydrogen-bond donors (Lipinski definition) is 0. The summed E-state index contributed by atoms with van der Waals surface area (Å²) < 4.78 is 5.42. The van der Waals surface area contributed by atoms with Crippen molar-refractivity contribution in [2.45, 2.75) is 32.4 Å². The van der Waals surface area contributed by atoms with Crippen LogP contribution >= 0.6 is 11.3 Å². The lowest BCUT2D eigenvalue weighted by atomic mass is 10.3. The summed E-state index contributed by atoms with van der Waals surface area (Å²) in [6.45, 7) is 2.50. The summed E-state index contributed by atoms with van der Waals surface area (Å²) in [5.41, 5.74) is 0.935. The number of para-hydroxylation sites is 1. The first-order chi connectivity index (χ1) is 9.72. The molecule has 1 aliphatic rings. The van der Waals surface area contributed by atoms with E-state index in [-0.39, 0.29) is 6.09 Å². The van der Waals surface area contributed by atoms with E-state index in [2.05, 4.69) is 4.98 Å². The van der Waals surface area contributed by atoms with Gasteiger partial charge in [0.05, 0.1) is 17.2 Å². The summed E-state index contributed by atoms with van der Waals surface area (Å²) in [5, 5.41) is 3.02. The van der Waals surface area contributed by atoms with Gasteiger partial charge in [0.2, 0.25) is 0 Å². The van der Waals surface area contributed by atoms with Gasteiger partial charge in [0.15, 0.2) is 0 Å². The van der Waals surface area contributed by atoms with E-state index in [0.29, 0.717) is 18.3 Å². The molecule has 20 heavy (non-hydrogen) atoms. The van der Waals surface area contributed by atoms with Crippen molar-refractivity contribution in [2.75, 3.05) is 0 Å². The summed E-state index contributed by atoms with van der Waals surface area (Å²) >= 11 is 1.60. The molecule has 0 aliphatic heterocycles. The van der Waals surface area contributed by atoms with Gasteiger partial charge >= 0.3 is 6.09 Å². The molecule has 1 heterocycles. The smallest absolute Gasteiger partial charge is 0.410 e. The van der Waals surface area contributed by atoms with Crippen LogP contribution in [0.25, 0.3) is 0 Å². The zero-order chi connectivity index (χ0) is 13.9. The Morgan fingerprint density at radius 1 is 1.40 bits per heavy atom. The number of aromatic nitrogens is 1. The van der Waals surface area contributed by atoms with Crippen LogP contribution in [0.1, 0.15) is 23.5 Å². The van der Waals surface area contributed by atoms with Gasteiger partial charge in [-0.15, -0.1) is 11.3 Å². The summed E-state index contributed by atoms with van der Waals surface area (Å²) in [7, 11) is 0. The van der Waals surface area contributed by atoms with Crippen molar-refractivity contribution in [3.05, 3.63) is 46.4 Å². The van der Waals surface area contributed by atoms with Gasteiger partial charge in [-0.05, 0) is 31.9 Å². The van der Waals surface area contributed by atoms with E-state index >= 15 is 0 Å². The van der Waals surface area contributed by atoms with Gasteiger partial charge in [-0.1, -0.05) is 18.2 Å². The monoisotopic (exact) mass is 288 g/mol. The predicted octanol–water partition coefficient (Wildman–Crippen LogP) is 3.61. The number of rotatable bonds is 4. The number of carbonyl (C=O) groups excluding carboxylic acids is 1. The van der Waals surface area contributed by atoms with E-state index < -0.39 is 0 Å². The topological polar surface area (TPSA) is 42.4 Å². The molecule has 4 nitrogen and oxygen atoms in total. The van der Waals surface area contributed by atoms with Crippen molar-refractivity contribution in [1.82, 2.24) is 9.88 Å². The number of thiazole rings is 1. The van der Waals surface area contributed by atoms with E-state index in [1.54, 1.807) is 28.4 Å². The van der Waals surface area contributed by atoms with Gasteiger partial charge < -0.3 is 4.74 Å². The largest absolute Gasteiger partial charge is 0.415 e. The molecule has 5 heteroatoms. The molecule has 0 saturated heterocycles. The lowest BCUT2D eigenvalue weighted by Crippen LogP contribution is -2.35. The highest BCUT2D eigenvalue weighted by molar-refractivity contribution is 7.09. The van der Waals surface area contributed by atoms with Crippen LogP contribution in [0.4, 0.5) is 4.79 Å².